The first-order chi connectivity index (χ1) is 10.5. The van der Waals surface area contributed by atoms with Gasteiger partial charge in [0.1, 0.15) is 12.1 Å². The van der Waals surface area contributed by atoms with E-state index in [1.807, 2.05) is 6.07 Å². The van der Waals surface area contributed by atoms with Gasteiger partial charge in [-0.15, -0.1) is 0 Å². The van der Waals surface area contributed by atoms with Gasteiger partial charge >= 0.3 is 5.97 Å². The summed E-state index contributed by atoms with van der Waals surface area (Å²) >= 11 is 0. The first-order valence-electron chi connectivity index (χ1n) is 6.65. The maximum Gasteiger partial charge on any atom is 0.328 e. The Morgan fingerprint density at radius 2 is 1.73 bits per heavy atom. The highest BCUT2D eigenvalue weighted by molar-refractivity contribution is 5.91. The number of nitrogens with two attached hydrogens (primary N) is 1. The van der Waals surface area contributed by atoms with Gasteiger partial charge in [-0.05, 0) is 5.56 Å². The van der Waals surface area contributed by atoms with Gasteiger partial charge in [0.05, 0.1) is 13.2 Å². The molecule has 1 aromatic rings. The van der Waals surface area contributed by atoms with Crippen LogP contribution in [0.2, 0.25) is 0 Å². The summed E-state index contributed by atoms with van der Waals surface area (Å²) in [4.78, 5) is 34.4. The zero-order valence-electron chi connectivity index (χ0n) is 11.9. The van der Waals surface area contributed by atoms with Crippen LogP contribution in [0.25, 0.3) is 0 Å². The van der Waals surface area contributed by atoms with Crippen LogP contribution in [0.5, 0.6) is 0 Å². The van der Waals surface area contributed by atoms with Crippen LogP contribution in [-0.4, -0.2) is 53.2 Å². The van der Waals surface area contributed by atoms with Gasteiger partial charge < -0.3 is 26.6 Å². The fourth-order valence-electron chi connectivity index (χ4n) is 1.77. The maximum atomic E-state index is 12.1. The number of amides is 2. The number of carbonyl (C=O) groups excluding carboxylic acids is 2. The van der Waals surface area contributed by atoms with Crippen LogP contribution in [0.3, 0.4) is 0 Å². The summed E-state index contributed by atoms with van der Waals surface area (Å²) in [6.07, 6.45) is 0.177. The fourth-order valence-corrected chi connectivity index (χ4v) is 1.77. The highest BCUT2D eigenvalue weighted by atomic mass is 16.4. The van der Waals surface area contributed by atoms with Crippen LogP contribution in [-0.2, 0) is 20.8 Å². The molecule has 0 heterocycles. The molecule has 0 saturated heterocycles. The van der Waals surface area contributed by atoms with E-state index in [0.29, 0.717) is 0 Å². The van der Waals surface area contributed by atoms with Crippen molar-refractivity contribution in [2.45, 2.75) is 18.5 Å². The van der Waals surface area contributed by atoms with Crippen molar-refractivity contribution < 1.29 is 24.6 Å². The Bertz CT molecular complexity index is 520. The molecule has 2 amide bonds. The molecule has 120 valence electrons. The van der Waals surface area contributed by atoms with E-state index in [4.69, 9.17) is 15.9 Å². The van der Waals surface area contributed by atoms with Crippen LogP contribution in [0.15, 0.2) is 30.3 Å². The molecule has 8 nitrogen and oxygen atoms in total. The molecule has 22 heavy (non-hydrogen) atoms. The van der Waals surface area contributed by atoms with Gasteiger partial charge in [-0.25, -0.2) is 4.79 Å². The number of benzene rings is 1. The highest BCUT2D eigenvalue weighted by Gasteiger charge is 2.26. The van der Waals surface area contributed by atoms with Crippen molar-refractivity contribution in [2.75, 3.05) is 13.2 Å². The van der Waals surface area contributed by atoms with Crippen molar-refractivity contribution in [3.8, 4) is 0 Å². The SMILES string of the molecule is NCC(=O)N[C@@H](Cc1ccccc1)C(=O)N[C@H](CO)C(=O)O. The molecular weight excluding hydrogens is 290 g/mol. The summed E-state index contributed by atoms with van der Waals surface area (Å²) < 4.78 is 0. The Morgan fingerprint density at radius 1 is 1.09 bits per heavy atom. The average molecular weight is 309 g/mol. The molecule has 8 heteroatoms. The van der Waals surface area contributed by atoms with Crippen molar-refractivity contribution >= 4 is 17.8 Å². The Balaban J connectivity index is 2.82. The monoisotopic (exact) mass is 309 g/mol. The van der Waals surface area contributed by atoms with Crippen LogP contribution >= 0.6 is 0 Å². The summed E-state index contributed by atoms with van der Waals surface area (Å²) in [7, 11) is 0. The summed E-state index contributed by atoms with van der Waals surface area (Å²) in [5.74, 6) is -2.60. The van der Waals surface area contributed by atoms with E-state index in [9.17, 15) is 14.4 Å². The van der Waals surface area contributed by atoms with E-state index < -0.39 is 36.5 Å². The molecule has 1 rings (SSSR count). The molecule has 0 aliphatic carbocycles. The van der Waals surface area contributed by atoms with Gasteiger partial charge in [0, 0.05) is 6.42 Å². The van der Waals surface area contributed by atoms with Gasteiger partial charge in [0.25, 0.3) is 0 Å². The molecule has 0 aromatic heterocycles. The second kappa shape index (κ2) is 8.75. The third kappa shape index (κ3) is 5.51. The number of aliphatic hydroxyl groups is 1. The smallest absolute Gasteiger partial charge is 0.328 e. The number of rotatable bonds is 8. The number of aliphatic carboxylic acids is 1. The second-order valence-corrected chi connectivity index (χ2v) is 4.60. The zero-order valence-corrected chi connectivity index (χ0v) is 11.9. The van der Waals surface area contributed by atoms with Crippen molar-refractivity contribution in [3.05, 3.63) is 35.9 Å². The minimum atomic E-state index is -1.43. The predicted molar refractivity (Wildman–Crippen MR) is 77.8 cm³/mol. The molecule has 0 radical (unpaired) electrons. The molecule has 0 bridgehead atoms. The third-order valence-corrected chi connectivity index (χ3v) is 2.92. The topological polar surface area (TPSA) is 142 Å². The van der Waals surface area contributed by atoms with Crippen molar-refractivity contribution in [3.63, 3.8) is 0 Å². The fraction of sp³-hybridized carbons (Fsp3) is 0.357. The Labute approximate surface area is 127 Å². The molecule has 0 unspecified atom stereocenters. The zero-order chi connectivity index (χ0) is 16.5. The summed E-state index contributed by atoms with van der Waals surface area (Å²) in [6.45, 7) is -1.04. The van der Waals surface area contributed by atoms with Crippen LogP contribution < -0.4 is 16.4 Å². The molecule has 0 spiro atoms. The number of hydrogen-bond donors (Lipinski definition) is 5. The highest BCUT2D eigenvalue weighted by Crippen LogP contribution is 2.04. The average Bonchev–Trinajstić information content (AvgIpc) is 2.52. The molecule has 0 saturated carbocycles. The Kier molecular flexibility index (Phi) is 7.00. The normalized spacial score (nSPS) is 13.0. The lowest BCUT2D eigenvalue weighted by molar-refractivity contribution is -0.143. The first kappa shape index (κ1) is 17.6. The molecule has 0 fully saturated rings. The predicted octanol–water partition coefficient (Wildman–Crippen LogP) is -1.77. The minimum Gasteiger partial charge on any atom is -0.480 e. The van der Waals surface area contributed by atoms with E-state index in [-0.39, 0.29) is 13.0 Å². The molecule has 1 aromatic carbocycles. The van der Waals surface area contributed by atoms with Crippen LogP contribution in [0.4, 0.5) is 0 Å². The largest absolute Gasteiger partial charge is 0.480 e. The Hall–Kier alpha value is -2.45. The van der Waals surface area contributed by atoms with Gasteiger partial charge in [-0.2, -0.15) is 0 Å². The van der Waals surface area contributed by atoms with Gasteiger partial charge in [-0.3, -0.25) is 9.59 Å². The summed E-state index contributed by atoms with van der Waals surface area (Å²) in [6, 6.07) is 6.51. The van der Waals surface area contributed by atoms with Crippen molar-refractivity contribution in [2.24, 2.45) is 5.73 Å². The summed E-state index contributed by atoms with van der Waals surface area (Å²) in [5, 5.41) is 22.4. The minimum absolute atomic E-state index is 0.177. The Morgan fingerprint density at radius 3 is 2.23 bits per heavy atom. The standard InChI is InChI=1S/C14H19N3O5/c15-7-12(19)16-10(6-9-4-2-1-3-5-9)13(20)17-11(8-18)14(21)22/h1-5,10-11,18H,6-8,15H2,(H,16,19)(H,17,20)(H,21,22)/t10-,11+/m0/s1. The van der Waals surface area contributed by atoms with E-state index in [1.54, 1.807) is 24.3 Å². The van der Waals surface area contributed by atoms with E-state index in [1.165, 1.54) is 0 Å². The molecule has 0 aliphatic rings. The third-order valence-electron chi connectivity index (χ3n) is 2.92. The molecule has 2 atom stereocenters. The second-order valence-electron chi connectivity index (χ2n) is 4.60. The van der Waals surface area contributed by atoms with E-state index in [2.05, 4.69) is 10.6 Å². The quantitative estimate of drug-likeness (QED) is 0.385. The van der Waals surface area contributed by atoms with Crippen LogP contribution in [0, 0.1) is 0 Å². The van der Waals surface area contributed by atoms with Gasteiger partial charge in [0.15, 0.2) is 0 Å². The lowest BCUT2D eigenvalue weighted by atomic mass is 10.0. The lowest BCUT2D eigenvalue weighted by Gasteiger charge is -2.20. The molecular formula is C14H19N3O5. The number of aliphatic hydroxyl groups excluding tert-OH is 1. The van der Waals surface area contributed by atoms with Crippen molar-refractivity contribution in [1.29, 1.82) is 0 Å². The molecule has 0 aliphatic heterocycles. The lowest BCUT2D eigenvalue weighted by Crippen LogP contribution is -2.54. The molecule has 6 N–H and O–H groups in total. The van der Waals surface area contributed by atoms with Gasteiger partial charge in [-0.1, -0.05) is 30.3 Å². The van der Waals surface area contributed by atoms with E-state index >= 15 is 0 Å². The number of carbonyl (C=O) groups is 3. The maximum absolute atomic E-state index is 12.1. The first-order valence-corrected chi connectivity index (χ1v) is 6.65. The number of hydrogen-bond acceptors (Lipinski definition) is 5. The number of carboxylic acids is 1. The van der Waals surface area contributed by atoms with Crippen LogP contribution in [0.1, 0.15) is 5.56 Å². The van der Waals surface area contributed by atoms with E-state index in [0.717, 1.165) is 5.56 Å². The summed E-state index contributed by atoms with van der Waals surface area (Å²) in [5.41, 5.74) is 6.00. The number of nitrogens with one attached hydrogen (secondary N) is 2. The van der Waals surface area contributed by atoms with Gasteiger partial charge in [0.2, 0.25) is 11.8 Å². The van der Waals surface area contributed by atoms with Crippen molar-refractivity contribution in [1.82, 2.24) is 10.6 Å². The number of carboxylic acid groups (broad SMARTS) is 1.